The molecular formula is C25H32Cl2FN3O4S. The SMILES string of the molecule is CCCCNC(=O)[C@H](C)N(Cc1c(Cl)cccc1Cl)C(=O)CCCN(c1ccc(F)cc1)S(C)(=O)=O. The molecule has 0 spiro atoms. The van der Waals surface area contributed by atoms with Crippen LogP contribution in [0.5, 0.6) is 0 Å². The largest absolute Gasteiger partial charge is 0.354 e. The van der Waals surface area contributed by atoms with Crippen LogP contribution < -0.4 is 9.62 Å². The Hall–Kier alpha value is -2.36. The zero-order chi connectivity index (χ0) is 26.9. The Kier molecular flexibility index (Phi) is 11.5. The third-order valence-electron chi connectivity index (χ3n) is 5.65. The van der Waals surface area contributed by atoms with E-state index in [1.165, 1.54) is 29.2 Å². The maximum absolute atomic E-state index is 13.3. The molecule has 0 bridgehead atoms. The molecule has 7 nitrogen and oxygen atoms in total. The van der Waals surface area contributed by atoms with Crippen LogP contribution in [0.15, 0.2) is 42.5 Å². The Labute approximate surface area is 222 Å². The van der Waals surface area contributed by atoms with Crippen LogP contribution in [-0.2, 0) is 26.2 Å². The van der Waals surface area contributed by atoms with Gasteiger partial charge in [-0.1, -0.05) is 42.6 Å². The van der Waals surface area contributed by atoms with Gasteiger partial charge in [-0.3, -0.25) is 13.9 Å². The summed E-state index contributed by atoms with van der Waals surface area (Å²) in [7, 11) is -3.66. The number of halogens is 3. The number of unbranched alkanes of at least 4 members (excludes halogenated alkanes) is 1. The lowest BCUT2D eigenvalue weighted by Gasteiger charge is -2.30. The topological polar surface area (TPSA) is 86.8 Å². The number of nitrogens with one attached hydrogen (secondary N) is 1. The Morgan fingerprint density at radius 2 is 1.67 bits per heavy atom. The normalized spacial score (nSPS) is 12.2. The van der Waals surface area contributed by atoms with Crippen LogP contribution in [0.1, 0.15) is 45.1 Å². The van der Waals surface area contributed by atoms with Gasteiger partial charge >= 0.3 is 0 Å². The lowest BCUT2D eigenvalue weighted by atomic mass is 10.1. The molecule has 198 valence electrons. The van der Waals surface area contributed by atoms with Crippen LogP contribution in [0.2, 0.25) is 10.0 Å². The number of carbonyl (C=O) groups is 2. The second-order valence-corrected chi connectivity index (χ2v) is 11.2. The van der Waals surface area contributed by atoms with E-state index in [-0.39, 0.29) is 37.7 Å². The Bertz CT molecular complexity index is 1130. The van der Waals surface area contributed by atoms with Crippen LogP contribution in [0.3, 0.4) is 0 Å². The monoisotopic (exact) mass is 559 g/mol. The predicted octanol–water partition coefficient (Wildman–Crippen LogP) is 5.01. The second-order valence-electron chi connectivity index (χ2n) is 8.46. The van der Waals surface area contributed by atoms with E-state index in [1.54, 1.807) is 25.1 Å². The van der Waals surface area contributed by atoms with E-state index in [2.05, 4.69) is 5.32 Å². The van der Waals surface area contributed by atoms with Crippen molar-refractivity contribution in [3.8, 4) is 0 Å². The van der Waals surface area contributed by atoms with Crippen molar-refractivity contribution in [1.82, 2.24) is 10.2 Å². The minimum absolute atomic E-state index is 0.00791. The van der Waals surface area contributed by atoms with Gasteiger partial charge in [0.1, 0.15) is 11.9 Å². The van der Waals surface area contributed by atoms with E-state index in [4.69, 9.17) is 23.2 Å². The van der Waals surface area contributed by atoms with E-state index >= 15 is 0 Å². The van der Waals surface area contributed by atoms with Gasteiger partial charge < -0.3 is 10.2 Å². The standard InChI is InChI=1S/C25H32Cl2FN3O4S/c1-4-5-15-29-25(33)18(2)30(17-21-22(26)8-6-9-23(21)27)24(32)10-7-16-31(36(3,34)35)20-13-11-19(28)12-14-20/h6,8-9,11-14,18H,4-5,7,10,15-17H2,1-3H3,(H,29,33)/t18-/m0/s1. The molecule has 2 amide bonds. The summed E-state index contributed by atoms with van der Waals surface area (Å²) in [6, 6.07) is 9.29. The first-order valence-electron chi connectivity index (χ1n) is 11.7. The number of carbonyl (C=O) groups excluding carboxylic acids is 2. The van der Waals surface area contributed by atoms with E-state index in [9.17, 15) is 22.4 Å². The molecule has 0 aliphatic carbocycles. The van der Waals surface area contributed by atoms with Crippen LogP contribution >= 0.6 is 23.2 Å². The van der Waals surface area contributed by atoms with Crippen molar-refractivity contribution >= 4 is 50.7 Å². The number of sulfonamides is 1. The number of amides is 2. The number of anilines is 1. The van der Waals surface area contributed by atoms with E-state index in [0.29, 0.717) is 27.8 Å². The molecule has 2 rings (SSSR count). The molecule has 11 heteroatoms. The molecule has 0 unspecified atom stereocenters. The summed E-state index contributed by atoms with van der Waals surface area (Å²) in [5.74, 6) is -1.14. The molecule has 2 aromatic carbocycles. The smallest absolute Gasteiger partial charge is 0.242 e. The molecule has 1 atom stereocenters. The second kappa shape index (κ2) is 13.8. The van der Waals surface area contributed by atoms with Gasteiger partial charge in [-0.25, -0.2) is 12.8 Å². The van der Waals surface area contributed by atoms with Crippen LogP contribution in [0.25, 0.3) is 0 Å². The summed E-state index contributed by atoms with van der Waals surface area (Å²) in [5.41, 5.74) is 0.821. The lowest BCUT2D eigenvalue weighted by molar-refractivity contribution is -0.140. The fraction of sp³-hybridized carbons (Fsp3) is 0.440. The van der Waals surface area contributed by atoms with Gasteiger partial charge in [0.2, 0.25) is 21.8 Å². The van der Waals surface area contributed by atoms with Crippen LogP contribution in [0, 0.1) is 5.82 Å². The third kappa shape index (κ3) is 8.64. The molecule has 0 aliphatic heterocycles. The highest BCUT2D eigenvalue weighted by Gasteiger charge is 2.27. The van der Waals surface area contributed by atoms with Crippen molar-refractivity contribution < 1.29 is 22.4 Å². The van der Waals surface area contributed by atoms with Gasteiger partial charge in [0.15, 0.2) is 0 Å². The molecule has 0 saturated heterocycles. The summed E-state index contributed by atoms with van der Waals surface area (Å²) in [5, 5.41) is 3.58. The fourth-order valence-electron chi connectivity index (χ4n) is 3.58. The van der Waals surface area contributed by atoms with E-state index in [1.807, 2.05) is 6.92 Å². The molecule has 1 N–H and O–H groups in total. The zero-order valence-corrected chi connectivity index (χ0v) is 23.0. The van der Waals surface area contributed by atoms with Crippen LogP contribution in [0.4, 0.5) is 10.1 Å². The first-order chi connectivity index (χ1) is 17.0. The van der Waals surface area contributed by atoms with E-state index in [0.717, 1.165) is 23.4 Å². The minimum atomic E-state index is -3.66. The van der Waals surface area contributed by atoms with Gasteiger partial charge in [0.05, 0.1) is 11.9 Å². The Morgan fingerprint density at radius 1 is 1.06 bits per heavy atom. The van der Waals surface area contributed by atoms with Gasteiger partial charge in [0.25, 0.3) is 0 Å². The van der Waals surface area contributed by atoms with Gasteiger partial charge in [0, 0.05) is 41.7 Å². The summed E-state index contributed by atoms with van der Waals surface area (Å²) in [4.78, 5) is 27.5. The highest BCUT2D eigenvalue weighted by molar-refractivity contribution is 7.92. The fourth-order valence-corrected chi connectivity index (χ4v) is 5.07. The third-order valence-corrected chi connectivity index (χ3v) is 7.56. The van der Waals surface area contributed by atoms with Gasteiger partial charge in [-0.2, -0.15) is 0 Å². The van der Waals surface area contributed by atoms with Gasteiger partial charge in [-0.05, 0) is 56.2 Å². The minimum Gasteiger partial charge on any atom is -0.354 e. The average molecular weight is 561 g/mol. The van der Waals surface area contributed by atoms with Crippen molar-refractivity contribution in [2.45, 2.75) is 52.1 Å². The molecule has 0 aromatic heterocycles. The lowest BCUT2D eigenvalue weighted by Crippen LogP contribution is -2.48. The van der Waals surface area contributed by atoms with Gasteiger partial charge in [-0.15, -0.1) is 0 Å². The van der Waals surface area contributed by atoms with Crippen molar-refractivity contribution in [2.24, 2.45) is 0 Å². The van der Waals surface area contributed by atoms with Crippen molar-refractivity contribution in [3.05, 3.63) is 63.9 Å². The number of benzene rings is 2. The number of hydrogen-bond acceptors (Lipinski definition) is 4. The molecule has 36 heavy (non-hydrogen) atoms. The quantitative estimate of drug-likeness (QED) is 0.349. The molecule has 0 aliphatic rings. The van der Waals surface area contributed by atoms with E-state index < -0.39 is 21.9 Å². The molecular weight excluding hydrogens is 528 g/mol. The summed E-state index contributed by atoms with van der Waals surface area (Å²) in [6.45, 7) is 4.17. The first kappa shape index (κ1) is 29.9. The Balaban J connectivity index is 2.19. The maximum Gasteiger partial charge on any atom is 0.242 e. The first-order valence-corrected chi connectivity index (χ1v) is 14.3. The van der Waals surface area contributed by atoms with Crippen LogP contribution in [-0.4, -0.2) is 50.5 Å². The summed E-state index contributed by atoms with van der Waals surface area (Å²) >= 11 is 12.6. The maximum atomic E-state index is 13.3. The number of nitrogens with zero attached hydrogens (tertiary/aromatic N) is 2. The zero-order valence-electron chi connectivity index (χ0n) is 20.6. The summed E-state index contributed by atoms with van der Waals surface area (Å²) < 4.78 is 39.1. The highest BCUT2D eigenvalue weighted by atomic mass is 35.5. The van der Waals surface area contributed by atoms with Crippen molar-refractivity contribution in [3.63, 3.8) is 0 Å². The van der Waals surface area contributed by atoms with Crippen molar-refractivity contribution in [1.29, 1.82) is 0 Å². The average Bonchev–Trinajstić information content (AvgIpc) is 2.81. The van der Waals surface area contributed by atoms with Crippen molar-refractivity contribution in [2.75, 3.05) is 23.7 Å². The summed E-state index contributed by atoms with van der Waals surface area (Å²) in [6.07, 6.45) is 2.93. The predicted molar refractivity (Wildman–Crippen MR) is 142 cm³/mol. The molecule has 0 saturated carbocycles. The molecule has 0 fully saturated rings. The number of rotatable bonds is 13. The molecule has 0 heterocycles. The Morgan fingerprint density at radius 3 is 2.22 bits per heavy atom. The molecule has 0 radical (unpaired) electrons. The highest BCUT2D eigenvalue weighted by Crippen LogP contribution is 2.27. The molecule has 2 aromatic rings. The number of hydrogen-bond donors (Lipinski definition) is 1.